The van der Waals surface area contributed by atoms with Crippen molar-refractivity contribution in [2.24, 2.45) is 5.92 Å². The third kappa shape index (κ3) is 5.13. The quantitative estimate of drug-likeness (QED) is 0.664. The van der Waals surface area contributed by atoms with Crippen molar-refractivity contribution in [3.05, 3.63) is 51.4 Å². The standard InChI is InChI=1S/C23H28ClN5O4/c1-2-33-22(32)16-7-9-28(10-8-16)21(31)17-15-25-23(26-20(17)30)29-13-11-27(12-14-29)19-6-4-3-5-18(19)24/h3-6,15-16H,2,7-14H2,1H3,(H,25,26,30). The maximum atomic E-state index is 12.9. The zero-order valence-corrected chi connectivity index (χ0v) is 19.4. The van der Waals surface area contributed by atoms with E-state index in [4.69, 9.17) is 16.3 Å². The molecule has 0 unspecified atom stereocenters. The van der Waals surface area contributed by atoms with Crippen LogP contribution >= 0.6 is 11.6 Å². The van der Waals surface area contributed by atoms with E-state index in [9.17, 15) is 14.4 Å². The number of piperazine rings is 1. The van der Waals surface area contributed by atoms with Crippen molar-refractivity contribution in [3.63, 3.8) is 0 Å². The Morgan fingerprint density at radius 1 is 1.09 bits per heavy atom. The highest BCUT2D eigenvalue weighted by Crippen LogP contribution is 2.26. The van der Waals surface area contributed by atoms with Crippen LogP contribution in [0, 0.1) is 5.92 Å². The molecule has 0 atom stereocenters. The molecule has 9 nitrogen and oxygen atoms in total. The number of aromatic nitrogens is 2. The van der Waals surface area contributed by atoms with Gasteiger partial charge < -0.3 is 19.4 Å². The summed E-state index contributed by atoms with van der Waals surface area (Å²) in [4.78, 5) is 50.4. The van der Waals surface area contributed by atoms with Gasteiger partial charge in [-0.25, -0.2) is 4.98 Å². The average molecular weight is 474 g/mol. The molecular formula is C23H28ClN5O4. The molecule has 0 radical (unpaired) electrons. The van der Waals surface area contributed by atoms with Gasteiger partial charge in [-0.1, -0.05) is 23.7 Å². The van der Waals surface area contributed by atoms with Gasteiger partial charge in [-0.05, 0) is 31.9 Å². The van der Waals surface area contributed by atoms with Crippen LogP contribution in [0.25, 0.3) is 0 Å². The van der Waals surface area contributed by atoms with E-state index in [1.54, 1.807) is 11.8 Å². The molecule has 33 heavy (non-hydrogen) atoms. The van der Waals surface area contributed by atoms with Gasteiger partial charge in [0, 0.05) is 45.5 Å². The van der Waals surface area contributed by atoms with Gasteiger partial charge in [-0.2, -0.15) is 0 Å². The monoisotopic (exact) mass is 473 g/mol. The highest BCUT2D eigenvalue weighted by Gasteiger charge is 2.30. The third-order valence-electron chi connectivity index (χ3n) is 6.19. The lowest BCUT2D eigenvalue weighted by Crippen LogP contribution is -2.48. The number of anilines is 2. The van der Waals surface area contributed by atoms with Crippen molar-refractivity contribution in [3.8, 4) is 0 Å². The van der Waals surface area contributed by atoms with E-state index < -0.39 is 5.56 Å². The lowest BCUT2D eigenvalue weighted by atomic mass is 9.96. The zero-order chi connectivity index (χ0) is 23.4. The number of para-hydroxylation sites is 1. The molecule has 2 saturated heterocycles. The molecule has 1 N–H and O–H groups in total. The van der Waals surface area contributed by atoms with Crippen molar-refractivity contribution in [1.82, 2.24) is 14.9 Å². The molecule has 0 spiro atoms. The predicted molar refractivity (Wildman–Crippen MR) is 126 cm³/mol. The molecule has 1 aromatic carbocycles. The Morgan fingerprint density at radius 3 is 2.39 bits per heavy atom. The molecule has 176 valence electrons. The Kier molecular flexibility index (Phi) is 7.17. The van der Waals surface area contributed by atoms with Gasteiger partial charge in [0.25, 0.3) is 11.5 Å². The maximum absolute atomic E-state index is 12.9. The van der Waals surface area contributed by atoms with E-state index in [2.05, 4.69) is 14.9 Å². The topological polar surface area (TPSA) is 98.8 Å². The molecule has 0 aliphatic carbocycles. The Morgan fingerprint density at radius 2 is 1.76 bits per heavy atom. The van der Waals surface area contributed by atoms with Crippen molar-refractivity contribution in [1.29, 1.82) is 0 Å². The molecule has 2 aliphatic heterocycles. The molecule has 2 aromatic rings. The van der Waals surface area contributed by atoms with E-state index in [-0.39, 0.29) is 23.4 Å². The molecule has 0 bridgehead atoms. The maximum Gasteiger partial charge on any atom is 0.309 e. The molecule has 1 amide bonds. The van der Waals surface area contributed by atoms with E-state index in [1.165, 1.54) is 6.20 Å². The number of piperidine rings is 1. The normalized spacial score (nSPS) is 17.2. The number of rotatable bonds is 5. The molecule has 2 fully saturated rings. The summed E-state index contributed by atoms with van der Waals surface area (Å²) in [5.41, 5.74) is 0.557. The smallest absolute Gasteiger partial charge is 0.309 e. The summed E-state index contributed by atoms with van der Waals surface area (Å²) >= 11 is 6.31. The van der Waals surface area contributed by atoms with Crippen molar-refractivity contribution >= 4 is 35.1 Å². The molecule has 4 rings (SSSR count). The van der Waals surface area contributed by atoms with E-state index in [0.717, 1.165) is 18.8 Å². The van der Waals surface area contributed by atoms with Gasteiger partial charge >= 0.3 is 5.97 Å². The highest BCUT2D eigenvalue weighted by atomic mass is 35.5. The minimum Gasteiger partial charge on any atom is -0.466 e. The number of halogens is 1. The first-order valence-electron chi connectivity index (χ1n) is 11.3. The number of carbonyl (C=O) groups is 2. The Labute approximate surface area is 197 Å². The van der Waals surface area contributed by atoms with E-state index in [1.807, 2.05) is 29.2 Å². The number of ether oxygens (including phenoxy) is 1. The number of hydrogen-bond donors (Lipinski definition) is 1. The van der Waals surface area contributed by atoms with Gasteiger partial charge in [0.05, 0.1) is 23.2 Å². The number of aromatic amines is 1. The minimum absolute atomic E-state index is 0.0167. The van der Waals surface area contributed by atoms with Crippen molar-refractivity contribution in [2.75, 3.05) is 55.7 Å². The second-order valence-corrected chi connectivity index (χ2v) is 8.60. The molecular weight excluding hydrogens is 446 g/mol. The number of nitrogens with one attached hydrogen (secondary N) is 1. The predicted octanol–water partition coefficient (Wildman–Crippen LogP) is 2.17. The van der Waals surface area contributed by atoms with Crippen LogP contribution in [0.3, 0.4) is 0 Å². The summed E-state index contributed by atoms with van der Waals surface area (Å²) in [5, 5.41) is 0.714. The van der Waals surface area contributed by atoms with Crippen LogP contribution < -0.4 is 15.4 Å². The fourth-order valence-electron chi connectivity index (χ4n) is 4.31. The van der Waals surface area contributed by atoms with Crippen LogP contribution in [-0.4, -0.2) is 72.6 Å². The Balaban J connectivity index is 1.36. The SMILES string of the molecule is CCOC(=O)C1CCN(C(=O)c2cnc(N3CCN(c4ccccc4Cl)CC3)[nH]c2=O)CC1. The van der Waals surface area contributed by atoms with Crippen LogP contribution in [0.15, 0.2) is 35.3 Å². The molecule has 10 heteroatoms. The van der Waals surface area contributed by atoms with Crippen LogP contribution in [0.2, 0.25) is 5.02 Å². The number of H-pyrrole nitrogens is 1. The van der Waals surface area contributed by atoms with Crippen LogP contribution in [0.1, 0.15) is 30.1 Å². The third-order valence-corrected chi connectivity index (χ3v) is 6.51. The van der Waals surface area contributed by atoms with E-state index >= 15 is 0 Å². The number of benzene rings is 1. The van der Waals surface area contributed by atoms with Crippen molar-refractivity contribution in [2.45, 2.75) is 19.8 Å². The summed E-state index contributed by atoms with van der Waals surface area (Å²) in [6, 6.07) is 7.73. The lowest BCUT2D eigenvalue weighted by Gasteiger charge is -2.36. The number of amides is 1. The highest BCUT2D eigenvalue weighted by molar-refractivity contribution is 6.33. The summed E-state index contributed by atoms with van der Waals surface area (Å²) in [7, 11) is 0. The molecule has 0 saturated carbocycles. The number of hydrogen-bond acceptors (Lipinski definition) is 7. The Bertz CT molecular complexity index is 1060. The summed E-state index contributed by atoms with van der Waals surface area (Å²) in [5.74, 6) is -0.321. The van der Waals surface area contributed by atoms with Gasteiger partial charge in [0.15, 0.2) is 0 Å². The molecule has 3 heterocycles. The Hall–Kier alpha value is -3.07. The fraction of sp³-hybridized carbons (Fsp3) is 0.478. The zero-order valence-electron chi connectivity index (χ0n) is 18.6. The molecule has 1 aromatic heterocycles. The summed E-state index contributed by atoms with van der Waals surface area (Å²) in [6.45, 7) is 5.76. The number of nitrogens with zero attached hydrogens (tertiary/aromatic N) is 4. The number of esters is 1. The summed E-state index contributed by atoms with van der Waals surface area (Å²) in [6.07, 6.45) is 2.42. The van der Waals surface area contributed by atoms with Crippen LogP contribution in [0.4, 0.5) is 11.6 Å². The largest absolute Gasteiger partial charge is 0.466 e. The fourth-order valence-corrected chi connectivity index (χ4v) is 4.57. The van der Waals surface area contributed by atoms with Gasteiger partial charge in [0.1, 0.15) is 5.56 Å². The second kappa shape index (κ2) is 10.2. The first kappa shape index (κ1) is 23.1. The first-order chi connectivity index (χ1) is 16.0. The van der Waals surface area contributed by atoms with Crippen molar-refractivity contribution < 1.29 is 14.3 Å². The van der Waals surface area contributed by atoms with Gasteiger partial charge in [-0.3, -0.25) is 19.4 Å². The second-order valence-electron chi connectivity index (χ2n) is 8.19. The lowest BCUT2D eigenvalue weighted by molar-refractivity contribution is -0.149. The van der Waals surface area contributed by atoms with Gasteiger partial charge in [-0.15, -0.1) is 0 Å². The van der Waals surface area contributed by atoms with Crippen LogP contribution in [0.5, 0.6) is 0 Å². The van der Waals surface area contributed by atoms with Gasteiger partial charge in [0.2, 0.25) is 5.95 Å². The summed E-state index contributed by atoms with van der Waals surface area (Å²) < 4.78 is 5.07. The minimum atomic E-state index is -0.453. The van der Waals surface area contributed by atoms with Crippen LogP contribution in [-0.2, 0) is 9.53 Å². The van der Waals surface area contributed by atoms with E-state index in [0.29, 0.717) is 56.6 Å². The molecule has 2 aliphatic rings. The number of likely N-dealkylation sites (tertiary alicyclic amines) is 1. The average Bonchev–Trinajstić information content (AvgIpc) is 2.84. The first-order valence-corrected chi connectivity index (χ1v) is 11.7. The number of carbonyl (C=O) groups excluding carboxylic acids is 2.